The van der Waals surface area contributed by atoms with Crippen molar-refractivity contribution in [3.8, 4) is 0 Å². The molecule has 3 rings (SSSR count). The Kier molecular flexibility index (Phi) is 3.39. The zero-order chi connectivity index (χ0) is 12.5. The Morgan fingerprint density at radius 1 is 1.39 bits per heavy atom. The summed E-state index contributed by atoms with van der Waals surface area (Å²) in [4.78, 5) is 6.54. The van der Waals surface area contributed by atoms with E-state index in [1.165, 1.54) is 17.9 Å². The summed E-state index contributed by atoms with van der Waals surface area (Å²) in [7, 11) is 0. The Bertz CT molecular complexity index is 471. The minimum absolute atomic E-state index is 0.375. The molecule has 2 unspecified atom stereocenters. The summed E-state index contributed by atoms with van der Waals surface area (Å²) in [5, 5.41) is 0.744. The zero-order valence-electron chi connectivity index (χ0n) is 10.1. The molecule has 2 atom stereocenters. The quantitative estimate of drug-likeness (QED) is 0.906. The lowest BCUT2D eigenvalue weighted by molar-refractivity contribution is 0.486. The van der Waals surface area contributed by atoms with Gasteiger partial charge < -0.3 is 10.6 Å². The van der Waals surface area contributed by atoms with Crippen LogP contribution < -0.4 is 10.6 Å². The number of halogens is 1. The highest BCUT2D eigenvalue weighted by atomic mass is 35.5. The molecule has 1 saturated heterocycles. The van der Waals surface area contributed by atoms with E-state index in [0.717, 1.165) is 17.3 Å². The summed E-state index contributed by atoms with van der Waals surface area (Å²) in [6.45, 7) is 0.794. The third-order valence-corrected chi connectivity index (χ3v) is 5.15. The van der Waals surface area contributed by atoms with Crippen LogP contribution in [0.5, 0.6) is 0 Å². The maximum absolute atomic E-state index is 6.28. The summed E-state index contributed by atoms with van der Waals surface area (Å²) in [5.41, 5.74) is 7.03. The maximum atomic E-state index is 6.28. The summed E-state index contributed by atoms with van der Waals surface area (Å²) >= 11 is 8.30. The number of benzene rings is 1. The second-order valence-electron chi connectivity index (χ2n) is 4.71. The second kappa shape index (κ2) is 5.02. The molecular weight excluding hydrogens is 266 g/mol. The van der Waals surface area contributed by atoms with E-state index in [-0.39, 0.29) is 0 Å². The summed E-state index contributed by atoms with van der Waals surface area (Å²) in [6, 6.07) is 8.23. The highest BCUT2D eigenvalue weighted by molar-refractivity contribution is 7.99. The fraction of sp³-hybridized carbons (Fsp3) is 0.462. The number of guanidine groups is 1. The van der Waals surface area contributed by atoms with E-state index in [9.17, 15) is 0 Å². The molecule has 0 aromatic heterocycles. The average molecular weight is 282 g/mol. The van der Waals surface area contributed by atoms with Crippen LogP contribution >= 0.6 is 23.4 Å². The van der Waals surface area contributed by atoms with E-state index >= 15 is 0 Å². The minimum Gasteiger partial charge on any atom is -0.370 e. The molecule has 2 aliphatic heterocycles. The maximum Gasteiger partial charge on any atom is 0.196 e. The zero-order valence-corrected chi connectivity index (χ0v) is 11.6. The molecule has 2 heterocycles. The van der Waals surface area contributed by atoms with Gasteiger partial charge in [-0.2, -0.15) is 11.8 Å². The third-order valence-electron chi connectivity index (χ3n) is 3.64. The number of nitrogens with zero attached hydrogens (tertiary/aromatic N) is 2. The van der Waals surface area contributed by atoms with Crippen molar-refractivity contribution < 1.29 is 0 Å². The predicted molar refractivity (Wildman–Crippen MR) is 79.6 cm³/mol. The Hall–Kier alpha value is -0.870. The number of hydrogen-bond acceptors (Lipinski definition) is 4. The standard InChI is InChI=1S/C13H16ClN3S/c14-10-3-1-2-4-11(10)17-12(7-16-13(17)15)9-5-6-18-8-9/h1-4,9,12H,5-8H2,(H2,15,16). The van der Waals surface area contributed by atoms with Crippen LogP contribution in [0.25, 0.3) is 0 Å². The van der Waals surface area contributed by atoms with E-state index in [1.807, 2.05) is 36.0 Å². The lowest BCUT2D eigenvalue weighted by Gasteiger charge is -2.30. The molecular formula is C13H16ClN3S. The number of hydrogen-bond donors (Lipinski definition) is 1. The van der Waals surface area contributed by atoms with Crippen molar-refractivity contribution in [2.45, 2.75) is 12.5 Å². The van der Waals surface area contributed by atoms with Gasteiger partial charge in [0.15, 0.2) is 5.96 Å². The first-order valence-electron chi connectivity index (χ1n) is 6.19. The fourth-order valence-electron chi connectivity index (χ4n) is 2.68. The Balaban J connectivity index is 1.92. The highest BCUT2D eigenvalue weighted by Gasteiger charge is 2.36. The number of para-hydroxylation sites is 1. The number of thioether (sulfide) groups is 1. The Morgan fingerprint density at radius 2 is 2.22 bits per heavy atom. The van der Waals surface area contributed by atoms with Crippen LogP contribution in [0.2, 0.25) is 5.02 Å². The monoisotopic (exact) mass is 281 g/mol. The van der Waals surface area contributed by atoms with Crippen LogP contribution in [0.4, 0.5) is 5.69 Å². The van der Waals surface area contributed by atoms with Crippen molar-refractivity contribution in [1.82, 2.24) is 0 Å². The third kappa shape index (κ3) is 2.08. The summed E-state index contributed by atoms with van der Waals surface area (Å²) < 4.78 is 0. The van der Waals surface area contributed by atoms with Crippen LogP contribution in [-0.2, 0) is 0 Å². The van der Waals surface area contributed by atoms with Crippen LogP contribution in [0.15, 0.2) is 29.3 Å². The molecule has 0 aliphatic carbocycles. The highest BCUT2D eigenvalue weighted by Crippen LogP contribution is 2.35. The molecule has 0 radical (unpaired) electrons. The number of rotatable bonds is 2. The van der Waals surface area contributed by atoms with Gasteiger partial charge in [-0.05, 0) is 36.0 Å². The lowest BCUT2D eigenvalue weighted by atomic mass is 9.98. The van der Waals surface area contributed by atoms with E-state index in [2.05, 4.69) is 9.89 Å². The molecule has 1 aromatic rings. The number of aliphatic imine (C=N–C) groups is 1. The van der Waals surface area contributed by atoms with E-state index < -0.39 is 0 Å². The van der Waals surface area contributed by atoms with Gasteiger partial charge in [-0.1, -0.05) is 23.7 Å². The normalized spacial score (nSPS) is 27.6. The van der Waals surface area contributed by atoms with Crippen LogP contribution in [0, 0.1) is 5.92 Å². The number of nitrogens with two attached hydrogens (primary N) is 1. The van der Waals surface area contributed by atoms with Crippen molar-refractivity contribution in [3.63, 3.8) is 0 Å². The molecule has 5 heteroatoms. The first-order valence-corrected chi connectivity index (χ1v) is 7.72. The van der Waals surface area contributed by atoms with E-state index in [0.29, 0.717) is 17.9 Å². The van der Waals surface area contributed by atoms with Gasteiger partial charge in [0, 0.05) is 0 Å². The SMILES string of the molecule is NC1=NCC(C2CCSC2)N1c1ccccc1Cl. The van der Waals surface area contributed by atoms with Gasteiger partial charge in [0.25, 0.3) is 0 Å². The molecule has 18 heavy (non-hydrogen) atoms. The van der Waals surface area contributed by atoms with Crippen molar-refractivity contribution in [2.75, 3.05) is 23.0 Å². The van der Waals surface area contributed by atoms with Crippen molar-refractivity contribution in [2.24, 2.45) is 16.6 Å². The van der Waals surface area contributed by atoms with Gasteiger partial charge in [0.2, 0.25) is 0 Å². The molecule has 1 fully saturated rings. The fourth-order valence-corrected chi connectivity index (χ4v) is 4.23. The first kappa shape index (κ1) is 12.2. The van der Waals surface area contributed by atoms with Gasteiger partial charge in [-0.3, -0.25) is 4.99 Å². The Labute approximate surface area is 116 Å². The van der Waals surface area contributed by atoms with Gasteiger partial charge in [0.1, 0.15) is 0 Å². The van der Waals surface area contributed by atoms with Crippen molar-refractivity contribution in [1.29, 1.82) is 0 Å². The van der Waals surface area contributed by atoms with Crippen molar-refractivity contribution in [3.05, 3.63) is 29.3 Å². The van der Waals surface area contributed by atoms with Gasteiger partial charge in [-0.15, -0.1) is 0 Å². The van der Waals surface area contributed by atoms with E-state index in [1.54, 1.807) is 0 Å². The smallest absolute Gasteiger partial charge is 0.196 e. The van der Waals surface area contributed by atoms with Crippen molar-refractivity contribution >= 4 is 35.0 Å². The molecule has 2 N–H and O–H groups in total. The lowest BCUT2D eigenvalue weighted by Crippen LogP contribution is -2.45. The molecule has 1 aromatic carbocycles. The first-order chi connectivity index (χ1) is 8.77. The second-order valence-corrected chi connectivity index (χ2v) is 6.27. The predicted octanol–water partition coefficient (Wildman–Crippen LogP) is 2.60. The average Bonchev–Trinajstić information content (AvgIpc) is 2.99. The molecule has 0 amide bonds. The van der Waals surface area contributed by atoms with Crippen LogP contribution in [0.3, 0.4) is 0 Å². The molecule has 3 nitrogen and oxygen atoms in total. The molecule has 96 valence electrons. The summed E-state index contributed by atoms with van der Waals surface area (Å²) in [5.74, 6) is 3.72. The molecule has 0 saturated carbocycles. The molecule has 0 bridgehead atoms. The number of anilines is 1. The van der Waals surface area contributed by atoms with Gasteiger partial charge >= 0.3 is 0 Å². The largest absolute Gasteiger partial charge is 0.370 e. The topological polar surface area (TPSA) is 41.6 Å². The van der Waals surface area contributed by atoms with Gasteiger partial charge in [0.05, 0.1) is 23.3 Å². The van der Waals surface area contributed by atoms with Gasteiger partial charge in [-0.25, -0.2) is 0 Å². The minimum atomic E-state index is 0.375. The van der Waals surface area contributed by atoms with Crippen LogP contribution in [-0.4, -0.2) is 30.1 Å². The molecule has 0 spiro atoms. The summed E-state index contributed by atoms with van der Waals surface area (Å²) in [6.07, 6.45) is 1.25. The molecule has 2 aliphatic rings. The van der Waals surface area contributed by atoms with Crippen LogP contribution in [0.1, 0.15) is 6.42 Å². The Morgan fingerprint density at radius 3 is 2.94 bits per heavy atom. The van der Waals surface area contributed by atoms with E-state index in [4.69, 9.17) is 17.3 Å².